The molecule has 1 aliphatic heterocycles. The first-order valence-electron chi connectivity index (χ1n) is 4.88. The van der Waals surface area contributed by atoms with Crippen LogP contribution in [0.25, 0.3) is 0 Å². The van der Waals surface area contributed by atoms with Gasteiger partial charge in [-0.25, -0.2) is 0 Å². The Kier molecular flexibility index (Phi) is 2.31. The highest BCUT2D eigenvalue weighted by atomic mass is 15.3. The van der Waals surface area contributed by atoms with E-state index < -0.39 is 0 Å². The molecule has 0 saturated carbocycles. The first kappa shape index (κ1) is 8.69. The van der Waals surface area contributed by atoms with E-state index >= 15 is 0 Å². The van der Waals surface area contributed by atoms with Gasteiger partial charge >= 0.3 is 0 Å². The van der Waals surface area contributed by atoms with Gasteiger partial charge in [-0.15, -0.1) is 10.2 Å². The Morgan fingerprint density at radius 2 is 2.62 bits per heavy atom. The summed E-state index contributed by atoms with van der Waals surface area (Å²) in [7, 11) is 0. The summed E-state index contributed by atoms with van der Waals surface area (Å²) < 4.78 is 2.14. The normalized spacial score (nSPS) is 24.0. The van der Waals surface area contributed by atoms with Crippen molar-refractivity contribution in [2.24, 2.45) is 11.7 Å². The molecule has 2 unspecified atom stereocenters. The molecular weight excluding hydrogens is 164 g/mol. The largest absolute Gasteiger partial charge is 0.328 e. The van der Waals surface area contributed by atoms with E-state index in [0.29, 0.717) is 12.0 Å². The zero-order valence-corrected chi connectivity index (χ0v) is 7.98. The Morgan fingerprint density at radius 3 is 3.38 bits per heavy atom. The van der Waals surface area contributed by atoms with Gasteiger partial charge in [0.15, 0.2) is 0 Å². The third-order valence-corrected chi connectivity index (χ3v) is 2.65. The Hall–Kier alpha value is -0.900. The number of aryl methyl sites for hydroxylation is 1. The van der Waals surface area contributed by atoms with Crippen LogP contribution in [0.5, 0.6) is 0 Å². The molecule has 0 bridgehead atoms. The average molecular weight is 180 g/mol. The maximum absolute atomic E-state index is 5.78. The molecule has 0 spiro atoms. The molecule has 13 heavy (non-hydrogen) atoms. The highest BCUT2D eigenvalue weighted by Crippen LogP contribution is 2.21. The molecule has 4 nitrogen and oxygen atoms in total. The number of nitrogens with two attached hydrogens (primary N) is 1. The SMILES string of the molecule is CC(N)CC1CCn2cnnc2C1. The number of rotatable bonds is 2. The number of aromatic nitrogens is 3. The minimum absolute atomic E-state index is 0.305. The van der Waals surface area contributed by atoms with Crippen LogP contribution in [0.1, 0.15) is 25.6 Å². The molecule has 1 aliphatic rings. The zero-order valence-electron chi connectivity index (χ0n) is 7.98. The summed E-state index contributed by atoms with van der Waals surface area (Å²) in [6.07, 6.45) is 5.18. The van der Waals surface area contributed by atoms with E-state index in [4.69, 9.17) is 5.73 Å². The van der Waals surface area contributed by atoms with Crippen molar-refractivity contribution in [1.82, 2.24) is 14.8 Å². The predicted molar refractivity (Wildman–Crippen MR) is 50.1 cm³/mol. The molecule has 1 aromatic rings. The van der Waals surface area contributed by atoms with E-state index in [0.717, 1.165) is 25.2 Å². The molecule has 0 aromatic carbocycles. The smallest absolute Gasteiger partial charge is 0.133 e. The summed E-state index contributed by atoms with van der Waals surface area (Å²) in [6, 6.07) is 0.305. The Morgan fingerprint density at radius 1 is 1.77 bits per heavy atom. The quantitative estimate of drug-likeness (QED) is 0.724. The van der Waals surface area contributed by atoms with Gasteiger partial charge in [0.05, 0.1) is 0 Å². The lowest BCUT2D eigenvalue weighted by atomic mass is 9.92. The second-order valence-corrected chi connectivity index (χ2v) is 4.01. The summed E-state index contributed by atoms with van der Waals surface area (Å²) in [6.45, 7) is 3.12. The Bertz CT molecular complexity index is 279. The summed E-state index contributed by atoms with van der Waals surface area (Å²) in [5.74, 6) is 1.83. The van der Waals surface area contributed by atoms with Crippen LogP contribution in [0.2, 0.25) is 0 Å². The lowest BCUT2D eigenvalue weighted by molar-refractivity contribution is 0.343. The van der Waals surface area contributed by atoms with Crippen molar-refractivity contribution in [3.8, 4) is 0 Å². The van der Waals surface area contributed by atoms with Crippen molar-refractivity contribution >= 4 is 0 Å². The third kappa shape index (κ3) is 1.88. The predicted octanol–water partition coefficient (Wildman–Crippen LogP) is 0.578. The van der Waals surface area contributed by atoms with Gasteiger partial charge < -0.3 is 10.3 Å². The van der Waals surface area contributed by atoms with Crippen LogP contribution in [0.4, 0.5) is 0 Å². The molecule has 1 aromatic heterocycles. The maximum atomic E-state index is 5.78. The molecule has 2 heterocycles. The van der Waals surface area contributed by atoms with Crippen molar-refractivity contribution in [3.63, 3.8) is 0 Å². The van der Waals surface area contributed by atoms with Gasteiger partial charge in [-0.2, -0.15) is 0 Å². The molecule has 0 saturated heterocycles. The van der Waals surface area contributed by atoms with E-state index in [1.165, 1.54) is 6.42 Å². The molecule has 72 valence electrons. The van der Waals surface area contributed by atoms with Gasteiger partial charge in [0.25, 0.3) is 0 Å². The molecule has 2 N–H and O–H groups in total. The highest BCUT2D eigenvalue weighted by molar-refractivity contribution is 4.92. The summed E-state index contributed by atoms with van der Waals surface area (Å²) in [4.78, 5) is 0. The van der Waals surface area contributed by atoms with Crippen LogP contribution in [0.15, 0.2) is 6.33 Å². The van der Waals surface area contributed by atoms with E-state index in [9.17, 15) is 0 Å². The summed E-state index contributed by atoms with van der Waals surface area (Å²) in [5, 5.41) is 7.99. The minimum Gasteiger partial charge on any atom is -0.328 e. The highest BCUT2D eigenvalue weighted by Gasteiger charge is 2.20. The minimum atomic E-state index is 0.305. The van der Waals surface area contributed by atoms with Crippen LogP contribution in [0, 0.1) is 5.92 Å². The molecule has 0 amide bonds. The van der Waals surface area contributed by atoms with Crippen LogP contribution >= 0.6 is 0 Å². The fourth-order valence-corrected chi connectivity index (χ4v) is 2.03. The van der Waals surface area contributed by atoms with Crippen molar-refractivity contribution in [2.45, 2.75) is 38.8 Å². The topological polar surface area (TPSA) is 56.7 Å². The third-order valence-electron chi connectivity index (χ3n) is 2.65. The standard InChI is InChI=1S/C9H16N4/c1-7(10)4-8-2-3-13-6-11-12-9(13)5-8/h6-8H,2-5,10H2,1H3. The molecule has 0 fully saturated rings. The molecule has 0 aliphatic carbocycles. The van der Waals surface area contributed by atoms with E-state index in [1.807, 2.05) is 6.33 Å². The molecular formula is C9H16N4. The monoisotopic (exact) mass is 180 g/mol. The zero-order chi connectivity index (χ0) is 9.26. The summed E-state index contributed by atoms with van der Waals surface area (Å²) in [5.41, 5.74) is 5.78. The van der Waals surface area contributed by atoms with Crippen molar-refractivity contribution in [1.29, 1.82) is 0 Å². The fourth-order valence-electron chi connectivity index (χ4n) is 2.03. The number of hydrogen-bond donors (Lipinski definition) is 1. The maximum Gasteiger partial charge on any atom is 0.133 e. The van der Waals surface area contributed by atoms with E-state index in [-0.39, 0.29) is 0 Å². The number of nitrogens with zero attached hydrogens (tertiary/aromatic N) is 3. The first-order valence-corrected chi connectivity index (χ1v) is 4.88. The van der Waals surface area contributed by atoms with Crippen molar-refractivity contribution in [3.05, 3.63) is 12.2 Å². The van der Waals surface area contributed by atoms with Gasteiger partial charge in [-0.3, -0.25) is 0 Å². The van der Waals surface area contributed by atoms with Gasteiger partial charge in [-0.1, -0.05) is 0 Å². The van der Waals surface area contributed by atoms with Crippen LogP contribution in [-0.4, -0.2) is 20.8 Å². The molecule has 4 heteroatoms. The molecule has 2 rings (SSSR count). The Labute approximate surface area is 78.1 Å². The van der Waals surface area contributed by atoms with Crippen LogP contribution in [-0.2, 0) is 13.0 Å². The second kappa shape index (κ2) is 3.46. The molecule has 2 atom stereocenters. The van der Waals surface area contributed by atoms with Gasteiger partial charge in [0.2, 0.25) is 0 Å². The van der Waals surface area contributed by atoms with Gasteiger partial charge in [-0.05, 0) is 25.7 Å². The van der Waals surface area contributed by atoms with Gasteiger partial charge in [0.1, 0.15) is 12.2 Å². The van der Waals surface area contributed by atoms with E-state index in [2.05, 4.69) is 21.7 Å². The molecule has 0 radical (unpaired) electrons. The van der Waals surface area contributed by atoms with Crippen LogP contribution in [0.3, 0.4) is 0 Å². The summed E-state index contributed by atoms with van der Waals surface area (Å²) >= 11 is 0. The first-order chi connectivity index (χ1) is 6.25. The van der Waals surface area contributed by atoms with Crippen molar-refractivity contribution in [2.75, 3.05) is 0 Å². The number of fused-ring (bicyclic) bond motifs is 1. The van der Waals surface area contributed by atoms with Gasteiger partial charge in [0, 0.05) is 19.0 Å². The lowest BCUT2D eigenvalue weighted by Gasteiger charge is -2.23. The van der Waals surface area contributed by atoms with E-state index in [1.54, 1.807) is 0 Å². The Balaban J connectivity index is 2.00. The number of hydrogen-bond acceptors (Lipinski definition) is 3. The van der Waals surface area contributed by atoms with Crippen molar-refractivity contribution < 1.29 is 0 Å². The second-order valence-electron chi connectivity index (χ2n) is 4.01. The average Bonchev–Trinajstić information content (AvgIpc) is 2.49. The fraction of sp³-hybridized carbons (Fsp3) is 0.778. The van der Waals surface area contributed by atoms with Crippen LogP contribution < -0.4 is 5.73 Å². The lowest BCUT2D eigenvalue weighted by Crippen LogP contribution is -2.25.